The molecule has 1 aliphatic rings. The van der Waals surface area contributed by atoms with Crippen molar-refractivity contribution in [3.8, 4) is 0 Å². The molecule has 1 N–H and O–H groups in total. The van der Waals surface area contributed by atoms with E-state index in [0.717, 1.165) is 30.8 Å². The van der Waals surface area contributed by atoms with Crippen LogP contribution in [0, 0.1) is 11.8 Å². The zero-order valence-corrected chi connectivity index (χ0v) is 14.8. The van der Waals surface area contributed by atoms with E-state index >= 15 is 0 Å². The van der Waals surface area contributed by atoms with Crippen LogP contribution in [0.1, 0.15) is 38.5 Å². The van der Waals surface area contributed by atoms with Crippen LogP contribution in [0.2, 0.25) is 0 Å². The highest BCUT2D eigenvalue weighted by molar-refractivity contribution is 7.91. The average molecular weight is 331 g/mol. The lowest BCUT2D eigenvalue weighted by Crippen LogP contribution is -2.28. The monoisotopic (exact) mass is 330 g/mol. The lowest BCUT2D eigenvalue weighted by atomic mass is 9.96. The fourth-order valence-electron chi connectivity index (χ4n) is 2.62. The number of thiophene rings is 1. The standard InChI is InChI=1S/C15H26N2O2S2/c1-4-8-16-10-14-5-6-15(20-14)21(18,19)17-9-7-13(11-17)12(2)3/h5-6,12-13,16H,4,7-11H2,1-3H3. The van der Waals surface area contributed by atoms with Crippen LogP contribution in [0.3, 0.4) is 0 Å². The summed E-state index contributed by atoms with van der Waals surface area (Å²) in [4.78, 5) is 1.08. The largest absolute Gasteiger partial charge is 0.312 e. The summed E-state index contributed by atoms with van der Waals surface area (Å²) in [6, 6.07) is 3.68. The van der Waals surface area contributed by atoms with Crippen molar-refractivity contribution in [3.63, 3.8) is 0 Å². The van der Waals surface area contributed by atoms with Crippen molar-refractivity contribution in [1.82, 2.24) is 9.62 Å². The summed E-state index contributed by atoms with van der Waals surface area (Å²) < 4.78 is 27.5. The zero-order chi connectivity index (χ0) is 15.5. The van der Waals surface area contributed by atoms with Gasteiger partial charge in [0.1, 0.15) is 4.21 Å². The van der Waals surface area contributed by atoms with E-state index in [1.165, 1.54) is 11.3 Å². The number of hydrogen-bond acceptors (Lipinski definition) is 4. The Hall–Kier alpha value is -0.430. The second kappa shape index (κ2) is 7.22. The fourth-order valence-corrected chi connectivity index (χ4v) is 5.62. The van der Waals surface area contributed by atoms with Gasteiger partial charge >= 0.3 is 0 Å². The molecule has 1 saturated heterocycles. The third-order valence-electron chi connectivity index (χ3n) is 4.09. The van der Waals surface area contributed by atoms with Crippen LogP contribution in [-0.2, 0) is 16.6 Å². The lowest BCUT2D eigenvalue weighted by Gasteiger charge is -2.17. The smallest absolute Gasteiger partial charge is 0.252 e. The van der Waals surface area contributed by atoms with Crippen LogP contribution >= 0.6 is 11.3 Å². The second-order valence-corrected chi connectivity index (χ2v) is 9.39. The first kappa shape index (κ1) is 16.9. The minimum absolute atomic E-state index is 0.486. The molecule has 1 aromatic rings. The van der Waals surface area contributed by atoms with E-state index in [9.17, 15) is 8.42 Å². The number of nitrogens with one attached hydrogen (secondary N) is 1. The first-order valence-electron chi connectivity index (χ1n) is 7.74. The Morgan fingerprint density at radius 3 is 2.81 bits per heavy atom. The van der Waals surface area contributed by atoms with Crippen molar-refractivity contribution in [2.75, 3.05) is 19.6 Å². The van der Waals surface area contributed by atoms with Crippen LogP contribution in [0.4, 0.5) is 0 Å². The van der Waals surface area contributed by atoms with Gasteiger partial charge in [-0.3, -0.25) is 0 Å². The molecule has 0 aromatic carbocycles. The molecule has 120 valence electrons. The second-order valence-electron chi connectivity index (χ2n) is 6.05. The highest BCUT2D eigenvalue weighted by Crippen LogP contribution is 2.31. The molecule has 0 bridgehead atoms. The fraction of sp³-hybridized carbons (Fsp3) is 0.733. The Kier molecular flexibility index (Phi) is 5.82. The molecule has 1 unspecified atom stereocenters. The average Bonchev–Trinajstić information content (AvgIpc) is 3.08. The summed E-state index contributed by atoms with van der Waals surface area (Å²) >= 11 is 1.39. The molecule has 0 saturated carbocycles. The molecule has 1 aromatic heterocycles. The van der Waals surface area contributed by atoms with Crippen molar-refractivity contribution < 1.29 is 8.42 Å². The Balaban J connectivity index is 2.03. The van der Waals surface area contributed by atoms with Gasteiger partial charge in [0, 0.05) is 24.5 Å². The molecule has 21 heavy (non-hydrogen) atoms. The van der Waals surface area contributed by atoms with Gasteiger partial charge in [0.25, 0.3) is 10.0 Å². The molecule has 0 radical (unpaired) electrons. The maximum atomic E-state index is 12.7. The SMILES string of the molecule is CCCNCc1ccc(S(=O)(=O)N2CCC(C(C)C)C2)s1. The van der Waals surface area contributed by atoms with Gasteiger partial charge in [-0.05, 0) is 43.4 Å². The van der Waals surface area contributed by atoms with Crippen LogP contribution in [0.5, 0.6) is 0 Å². The Morgan fingerprint density at radius 2 is 2.19 bits per heavy atom. The molecule has 2 heterocycles. The number of nitrogens with zero attached hydrogens (tertiary/aromatic N) is 1. The van der Waals surface area contributed by atoms with Gasteiger partial charge in [-0.1, -0.05) is 20.8 Å². The molecule has 1 aliphatic heterocycles. The topological polar surface area (TPSA) is 49.4 Å². The maximum absolute atomic E-state index is 12.7. The first-order valence-corrected chi connectivity index (χ1v) is 10.0. The quantitative estimate of drug-likeness (QED) is 0.782. The normalized spacial score (nSPS) is 20.5. The molecular formula is C15H26N2O2S2. The van der Waals surface area contributed by atoms with E-state index in [1.54, 1.807) is 10.4 Å². The zero-order valence-electron chi connectivity index (χ0n) is 13.1. The van der Waals surface area contributed by atoms with Gasteiger partial charge in [-0.25, -0.2) is 8.42 Å². The molecule has 2 rings (SSSR count). The molecule has 0 spiro atoms. The lowest BCUT2D eigenvalue weighted by molar-refractivity contribution is 0.389. The summed E-state index contributed by atoms with van der Waals surface area (Å²) in [5, 5.41) is 3.31. The molecule has 6 heteroatoms. The predicted octanol–water partition coefficient (Wildman–Crippen LogP) is 2.91. The van der Waals surface area contributed by atoms with Gasteiger partial charge in [-0.15, -0.1) is 11.3 Å². The highest BCUT2D eigenvalue weighted by atomic mass is 32.2. The number of rotatable bonds is 7. The van der Waals surface area contributed by atoms with E-state index in [2.05, 4.69) is 26.1 Å². The summed E-state index contributed by atoms with van der Waals surface area (Å²) in [5.41, 5.74) is 0. The van der Waals surface area contributed by atoms with E-state index in [4.69, 9.17) is 0 Å². The summed E-state index contributed by atoms with van der Waals surface area (Å²) in [6.07, 6.45) is 2.06. The van der Waals surface area contributed by atoms with E-state index in [1.807, 2.05) is 6.07 Å². The Bertz CT molecular complexity index is 552. The van der Waals surface area contributed by atoms with Crippen LogP contribution in [0.25, 0.3) is 0 Å². The van der Waals surface area contributed by atoms with E-state index < -0.39 is 10.0 Å². The van der Waals surface area contributed by atoms with Crippen molar-refractivity contribution in [1.29, 1.82) is 0 Å². The highest BCUT2D eigenvalue weighted by Gasteiger charge is 2.34. The molecule has 4 nitrogen and oxygen atoms in total. The summed E-state index contributed by atoms with van der Waals surface area (Å²) in [7, 11) is -3.29. The van der Waals surface area contributed by atoms with Crippen molar-refractivity contribution in [2.24, 2.45) is 11.8 Å². The van der Waals surface area contributed by atoms with E-state index in [0.29, 0.717) is 29.1 Å². The molecule has 0 aliphatic carbocycles. The molecule has 1 fully saturated rings. The summed E-state index contributed by atoms with van der Waals surface area (Å²) in [5.74, 6) is 1.03. The van der Waals surface area contributed by atoms with Crippen molar-refractivity contribution in [2.45, 2.75) is 44.4 Å². The number of sulfonamides is 1. The van der Waals surface area contributed by atoms with Gasteiger partial charge in [-0.2, -0.15) is 4.31 Å². The van der Waals surface area contributed by atoms with Crippen LogP contribution in [-0.4, -0.2) is 32.4 Å². The van der Waals surface area contributed by atoms with Gasteiger partial charge in [0.15, 0.2) is 0 Å². The minimum atomic E-state index is -3.29. The third kappa shape index (κ3) is 4.06. The maximum Gasteiger partial charge on any atom is 0.252 e. The van der Waals surface area contributed by atoms with Gasteiger partial charge < -0.3 is 5.32 Å². The molecule has 0 amide bonds. The summed E-state index contributed by atoms with van der Waals surface area (Å²) in [6.45, 7) is 9.50. The first-order chi connectivity index (χ1) is 9.95. The molecule has 1 atom stereocenters. The van der Waals surface area contributed by atoms with Gasteiger partial charge in [0.05, 0.1) is 0 Å². The van der Waals surface area contributed by atoms with Crippen molar-refractivity contribution in [3.05, 3.63) is 17.0 Å². The number of hydrogen-bond donors (Lipinski definition) is 1. The van der Waals surface area contributed by atoms with Crippen LogP contribution in [0.15, 0.2) is 16.3 Å². The Morgan fingerprint density at radius 1 is 1.43 bits per heavy atom. The third-order valence-corrected chi connectivity index (χ3v) is 7.51. The molecular weight excluding hydrogens is 304 g/mol. The van der Waals surface area contributed by atoms with E-state index in [-0.39, 0.29) is 0 Å². The van der Waals surface area contributed by atoms with Crippen LogP contribution < -0.4 is 5.32 Å². The van der Waals surface area contributed by atoms with Crippen molar-refractivity contribution >= 4 is 21.4 Å². The predicted molar refractivity (Wildman–Crippen MR) is 88.0 cm³/mol. The Labute approximate surface area is 132 Å². The minimum Gasteiger partial charge on any atom is -0.312 e. The van der Waals surface area contributed by atoms with Gasteiger partial charge in [0.2, 0.25) is 0 Å².